The molecule has 2 N–H and O–H groups in total. The van der Waals surface area contributed by atoms with Crippen LogP contribution in [0.1, 0.15) is 62.8 Å². The zero-order valence-electron chi connectivity index (χ0n) is 28.7. The van der Waals surface area contributed by atoms with Gasteiger partial charge in [0.05, 0.1) is 30.8 Å². The number of likely N-dealkylation sites (N-methyl/N-ethyl adjacent to an activating group) is 1. The number of rotatable bonds is 5. The minimum atomic E-state index is -0.720. The second-order valence-corrected chi connectivity index (χ2v) is 13.0. The summed E-state index contributed by atoms with van der Waals surface area (Å²) in [6.45, 7) is 2.34. The van der Waals surface area contributed by atoms with Crippen molar-refractivity contribution in [3.8, 4) is 11.5 Å². The smallest absolute Gasteiger partial charge is 0.263 e. The number of carbonyl (C=O) groups excluding carboxylic acids is 4. The van der Waals surface area contributed by atoms with Crippen LogP contribution in [0.3, 0.4) is 0 Å². The number of benzene rings is 3. The minimum Gasteiger partial charge on any atom is -0.457 e. The Balaban J connectivity index is 1.29. The molecule has 3 aromatic carbocycles. The number of hydrogen-bond acceptors (Lipinski definition) is 7. The zero-order chi connectivity index (χ0) is 36.2. The Labute approximate surface area is 294 Å². The van der Waals surface area contributed by atoms with Gasteiger partial charge in [-0.25, -0.2) is 4.39 Å². The Morgan fingerprint density at radius 1 is 1.00 bits per heavy atom. The van der Waals surface area contributed by atoms with Crippen LogP contribution >= 0.6 is 0 Å². The van der Waals surface area contributed by atoms with Crippen molar-refractivity contribution in [2.45, 2.75) is 44.9 Å². The summed E-state index contributed by atoms with van der Waals surface area (Å²) < 4.78 is 28.5. The van der Waals surface area contributed by atoms with Crippen molar-refractivity contribution >= 4 is 34.5 Å². The molecule has 4 aromatic rings. The van der Waals surface area contributed by atoms with E-state index in [1.807, 2.05) is 25.1 Å². The molecule has 1 aromatic heterocycles. The van der Waals surface area contributed by atoms with Crippen LogP contribution in [-0.4, -0.2) is 83.4 Å². The van der Waals surface area contributed by atoms with Crippen LogP contribution in [0.25, 0.3) is 10.9 Å². The number of para-hydroxylation sites is 1. The molecule has 1 saturated heterocycles. The maximum Gasteiger partial charge on any atom is 0.263 e. The molecule has 13 heteroatoms. The topological polar surface area (TPSA) is 139 Å². The number of aryl methyl sites for hydroxylation is 1. The summed E-state index contributed by atoms with van der Waals surface area (Å²) in [6, 6.07) is 16.6. The number of likely N-dealkylation sites (tertiary alicyclic amines) is 1. The molecule has 0 aliphatic carbocycles. The third kappa shape index (κ3) is 7.93. The average Bonchev–Trinajstić information content (AvgIpc) is 3.11. The van der Waals surface area contributed by atoms with E-state index in [9.17, 15) is 28.4 Å². The highest BCUT2D eigenvalue weighted by molar-refractivity contribution is 6.01. The van der Waals surface area contributed by atoms with Crippen LogP contribution < -0.4 is 20.9 Å². The molecule has 4 bridgehead atoms. The molecule has 1 fully saturated rings. The van der Waals surface area contributed by atoms with E-state index in [2.05, 4.69) is 10.6 Å². The number of pyridine rings is 1. The summed E-state index contributed by atoms with van der Waals surface area (Å²) in [6.07, 6.45) is 1.38. The van der Waals surface area contributed by atoms with E-state index in [-0.39, 0.29) is 54.4 Å². The summed E-state index contributed by atoms with van der Waals surface area (Å²) in [4.78, 5) is 69.9. The van der Waals surface area contributed by atoms with Crippen LogP contribution in [0.5, 0.6) is 11.5 Å². The Bertz CT molecular complexity index is 2060. The van der Waals surface area contributed by atoms with Crippen molar-refractivity contribution < 1.29 is 33.0 Å². The highest BCUT2D eigenvalue weighted by Crippen LogP contribution is 2.28. The molecule has 2 atom stereocenters. The molecule has 2 aliphatic heterocycles. The number of halogens is 1. The van der Waals surface area contributed by atoms with Gasteiger partial charge in [0.25, 0.3) is 23.3 Å². The van der Waals surface area contributed by atoms with Crippen LogP contribution in [0.2, 0.25) is 0 Å². The molecule has 6 rings (SSSR count). The first-order chi connectivity index (χ1) is 24.5. The number of aromatic nitrogens is 1. The molecule has 51 heavy (non-hydrogen) atoms. The zero-order valence-corrected chi connectivity index (χ0v) is 28.7. The molecule has 0 radical (unpaired) electrons. The van der Waals surface area contributed by atoms with Gasteiger partial charge in [-0.05, 0) is 66.3 Å². The van der Waals surface area contributed by atoms with Crippen LogP contribution in [0.4, 0.5) is 4.39 Å². The Kier molecular flexibility index (Phi) is 10.5. The second-order valence-electron chi connectivity index (χ2n) is 13.0. The van der Waals surface area contributed by atoms with E-state index in [0.717, 1.165) is 18.2 Å². The van der Waals surface area contributed by atoms with Gasteiger partial charge < -0.3 is 34.5 Å². The highest BCUT2D eigenvalue weighted by atomic mass is 19.1. The highest BCUT2D eigenvalue weighted by Gasteiger charge is 2.35. The van der Waals surface area contributed by atoms with Crippen molar-refractivity contribution in [1.29, 1.82) is 0 Å². The molecular weight excluding hydrogens is 657 g/mol. The molecule has 0 saturated carbocycles. The van der Waals surface area contributed by atoms with Crippen LogP contribution in [0, 0.1) is 5.82 Å². The largest absolute Gasteiger partial charge is 0.457 e. The quantitative estimate of drug-likeness (QED) is 0.301. The van der Waals surface area contributed by atoms with Crippen LogP contribution in [-0.2, 0) is 23.2 Å². The number of carbonyl (C=O) groups is 4. The van der Waals surface area contributed by atoms with Gasteiger partial charge in [-0.1, -0.05) is 31.5 Å². The van der Waals surface area contributed by atoms with Gasteiger partial charge in [0.2, 0.25) is 5.91 Å². The van der Waals surface area contributed by atoms with E-state index in [1.54, 1.807) is 25.2 Å². The average molecular weight is 698 g/mol. The standard InChI is InChI=1S/C38H40FN5O7/c1-4-5-11-40-35(46)25-15-26-17-29(16-25)51-28-14-23(13-27(39)19-28)22-50-33-10-12-44(20-31(33)41-34(45)21-42(2)36(26)47)38(49)30-18-24-8-6-7-9-32(24)43(3)37(30)48/h6-9,13-19,31,33H,4-5,10-12,20-22H2,1-3H3,(H,40,46)(H,41,45)/t31-,33+/m1/s1. The minimum absolute atomic E-state index is 0.00775. The number of nitrogens with one attached hydrogen (secondary N) is 2. The van der Waals surface area contributed by atoms with Gasteiger partial charge in [-0.3, -0.25) is 24.0 Å². The third-order valence-electron chi connectivity index (χ3n) is 9.14. The monoisotopic (exact) mass is 697 g/mol. The van der Waals surface area contributed by atoms with Crippen molar-refractivity contribution in [3.05, 3.63) is 105 Å². The number of piperidine rings is 1. The second kappa shape index (κ2) is 15.1. The summed E-state index contributed by atoms with van der Waals surface area (Å²) in [5.74, 6) is -2.25. The van der Waals surface area contributed by atoms with Crippen LogP contribution in [0.15, 0.2) is 71.5 Å². The molecule has 3 heterocycles. The van der Waals surface area contributed by atoms with Gasteiger partial charge in [0.1, 0.15) is 22.9 Å². The molecular formula is C38H40FN5O7. The first-order valence-corrected chi connectivity index (χ1v) is 17.0. The summed E-state index contributed by atoms with van der Waals surface area (Å²) in [5, 5.41) is 6.49. The lowest BCUT2D eigenvalue weighted by atomic mass is 10.00. The van der Waals surface area contributed by atoms with Gasteiger partial charge in [-0.2, -0.15) is 0 Å². The number of hydrogen-bond donors (Lipinski definition) is 2. The Hall–Kier alpha value is -5.56. The lowest BCUT2D eigenvalue weighted by Gasteiger charge is -2.39. The molecule has 2 aliphatic rings. The van der Waals surface area contributed by atoms with E-state index in [1.165, 1.54) is 51.7 Å². The van der Waals surface area contributed by atoms with E-state index in [4.69, 9.17) is 9.47 Å². The molecule has 266 valence electrons. The fourth-order valence-corrected chi connectivity index (χ4v) is 6.45. The molecule has 12 nitrogen and oxygen atoms in total. The predicted molar refractivity (Wildman–Crippen MR) is 187 cm³/mol. The first kappa shape index (κ1) is 35.3. The molecule has 0 unspecified atom stereocenters. The summed E-state index contributed by atoms with van der Waals surface area (Å²) >= 11 is 0. The number of nitrogens with zero attached hydrogens (tertiary/aromatic N) is 3. The van der Waals surface area contributed by atoms with Crippen molar-refractivity contribution in [2.24, 2.45) is 7.05 Å². The Morgan fingerprint density at radius 3 is 2.59 bits per heavy atom. The fraction of sp³-hybridized carbons (Fsp3) is 0.342. The molecule has 4 amide bonds. The number of fused-ring (bicyclic) bond motifs is 6. The van der Waals surface area contributed by atoms with Gasteiger partial charge in [0.15, 0.2) is 0 Å². The Morgan fingerprint density at radius 2 is 1.78 bits per heavy atom. The lowest BCUT2D eigenvalue weighted by Crippen LogP contribution is -2.58. The first-order valence-electron chi connectivity index (χ1n) is 17.0. The maximum atomic E-state index is 14.9. The normalized spacial score (nSPS) is 18.1. The fourth-order valence-electron chi connectivity index (χ4n) is 6.45. The van der Waals surface area contributed by atoms with Gasteiger partial charge >= 0.3 is 0 Å². The van der Waals surface area contributed by atoms with Gasteiger partial charge in [-0.15, -0.1) is 0 Å². The third-order valence-corrected chi connectivity index (χ3v) is 9.14. The SMILES string of the molecule is CCCCNC(=O)c1cc2cc(c1)C(=O)N(C)CC(=O)N[C@@H]1CN(C(=O)c3cc4ccccc4n(C)c3=O)CC[C@@H]1OCc1cc(F)cc(c1)O2. The summed E-state index contributed by atoms with van der Waals surface area (Å²) in [5.41, 5.74) is 0.979. The van der Waals surface area contributed by atoms with E-state index < -0.39 is 47.2 Å². The molecule has 0 spiro atoms. The maximum absolute atomic E-state index is 14.9. The van der Waals surface area contributed by atoms with E-state index >= 15 is 0 Å². The van der Waals surface area contributed by atoms with Crippen molar-refractivity contribution in [1.82, 2.24) is 25.0 Å². The lowest BCUT2D eigenvalue weighted by molar-refractivity contribution is -0.124. The predicted octanol–water partition coefficient (Wildman–Crippen LogP) is 4.00. The van der Waals surface area contributed by atoms with Crippen molar-refractivity contribution in [2.75, 3.05) is 33.2 Å². The number of ether oxygens (including phenoxy) is 2. The van der Waals surface area contributed by atoms with Crippen molar-refractivity contribution in [3.63, 3.8) is 0 Å². The van der Waals surface area contributed by atoms with Gasteiger partial charge in [0, 0.05) is 50.9 Å². The number of amides is 4. The van der Waals surface area contributed by atoms with E-state index in [0.29, 0.717) is 24.0 Å². The number of unbranched alkanes of at least 4 members (excludes halogenated alkanes) is 1. The summed E-state index contributed by atoms with van der Waals surface area (Å²) in [7, 11) is 3.07.